The van der Waals surface area contributed by atoms with E-state index in [4.69, 9.17) is 0 Å². The zero-order valence-electron chi connectivity index (χ0n) is 7.48. The Bertz CT molecular complexity index is 224. The molecule has 0 saturated carbocycles. The topological polar surface area (TPSA) is 46.1 Å². The largest absolute Gasteiger partial charge is 0.842 e. The minimum Gasteiger partial charge on any atom is -0.842 e. The standard InChI is InChI=1S/C10H13O2P/c11-13(12)9-5-4-8-10-6-2-1-3-7-10/h1-3,6-7H,4-5,8-9H2/q-2. The van der Waals surface area contributed by atoms with Gasteiger partial charge < -0.3 is 18.2 Å². The van der Waals surface area contributed by atoms with Gasteiger partial charge in [0.25, 0.3) is 0 Å². The van der Waals surface area contributed by atoms with Gasteiger partial charge in [0.1, 0.15) is 0 Å². The van der Waals surface area contributed by atoms with Gasteiger partial charge in [-0.25, -0.2) is 0 Å². The Balaban J connectivity index is 2.13. The molecule has 0 spiro atoms. The zero-order chi connectivity index (χ0) is 9.52. The third kappa shape index (κ3) is 4.99. The summed E-state index contributed by atoms with van der Waals surface area (Å²) < 4.78 is 0. The van der Waals surface area contributed by atoms with Crippen LogP contribution in [-0.4, -0.2) is 6.16 Å². The second kappa shape index (κ2) is 6.09. The van der Waals surface area contributed by atoms with Gasteiger partial charge in [0.05, 0.1) is 0 Å². The molecule has 0 saturated heterocycles. The van der Waals surface area contributed by atoms with Crippen LogP contribution < -0.4 is 9.79 Å². The summed E-state index contributed by atoms with van der Waals surface area (Å²) in [4.78, 5) is 20.5. The van der Waals surface area contributed by atoms with Crippen LogP contribution >= 0.6 is 8.38 Å². The van der Waals surface area contributed by atoms with E-state index >= 15 is 0 Å². The molecule has 72 valence electrons. The van der Waals surface area contributed by atoms with Crippen LogP contribution in [0, 0.1) is 0 Å². The first-order valence-electron chi connectivity index (χ1n) is 4.45. The molecule has 1 aromatic carbocycles. The van der Waals surface area contributed by atoms with E-state index in [2.05, 4.69) is 12.1 Å². The average Bonchev–Trinajstić information content (AvgIpc) is 2.14. The van der Waals surface area contributed by atoms with Crippen LogP contribution in [0.3, 0.4) is 0 Å². The maximum atomic E-state index is 10.2. The van der Waals surface area contributed by atoms with Crippen LogP contribution in [0.25, 0.3) is 0 Å². The van der Waals surface area contributed by atoms with E-state index in [0.717, 1.165) is 19.3 Å². The Morgan fingerprint density at radius 2 is 1.69 bits per heavy atom. The van der Waals surface area contributed by atoms with E-state index < -0.39 is 8.38 Å². The monoisotopic (exact) mass is 196 g/mol. The molecule has 0 aliphatic rings. The average molecular weight is 196 g/mol. The second-order valence-corrected chi connectivity index (χ2v) is 4.11. The van der Waals surface area contributed by atoms with Crippen molar-refractivity contribution in [1.29, 1.82) is 0 Å². The van der Waals surface area contributed by atoms with Crippen molar-refractivity contribution < 1.29 is 9.79 Å². The summed E-state index contributed by atoms with van der Waals surface area (Å²) in [7, 11) is -2.18. The number of hydrogen-bond donors (Lipinski definition) is 0. The molecule has 2 nitrogen and oxygen atoms in total. The van der Waals surface area contributed by atoms with Crippen molar-refractivity contribution in [2.75, 3.05) is 6.16 Å². The maximum Gasteiger partial charge on any atom is -0.0279 e. The molecule has 0 aliphatic heterocycles. The molecule has 0 aromatic heterocycles. The van der Waals surface area contributed by atoms with Crippen molar-refractivity contribution in [3.8, 4) is 0 Å². The van der Waals surface area contributed by atoms with Gasteiger partial charge in [0.2, 0.25) is 0 Å². The highest BCUT2D eigenvalue weighted by Gasteiger charge is 1.90. The number of unbranched alkanes of at least 4 members (excludes halogenated alkanes) is 1. The lowest BCUT2D eigenvalue weighted by atomic mass is 10.1. The molecule has 1 aromatic rings. The number of aryl methyl sites for hydroxylation is 1. The highest BCUT2D eigenvalue weighted by Crippen LogP contribution is 2.14. The third-order valence-electron chi connectivity index (χ3n) is 1.90. The highest BCUT2D eigenvalue weighted by atomic mass is 31.2. The molecule has 0 atom stereocenters. The fourth-order valence-corrected chi connectivity index (χ4v) is 1.70. The Labute approximate surface area is 80.2 Å². The summed E-state index contributed by atoms with van der Waals surface area (Å²) in [5.41, 5.74) is 1.28. The van der Waals surface area contributed by atoms with Crippen LogP contribution in [0.15, 0.2) is 30.3 Å². The van der Waals surface area contributed by atoms with E-state index in [1.807, 2.05) is 18.2 Å². The lowest BCUT2D eigenvalue weighted by Crippen LogP contribution is -2.10. The number of rotatable bonds is 5. The Morgan fingerprint density at radius 1 is 1.00 bits per heavy atom. The first kappa shape index (κ1) is 10.6. The van der Waals surface area contributed by atoms with Crippen molar-refractivity contribution in [1.82, 2.24) is 0 Å². The molecule has 0 N–H and O–H groups in total. The van der Waals surface area contributed by atoms with Crippen LogP contribution in [0.2, 0.25) is 0 Å². The van der Waals surface area contributed by atoms with E-state index in [9.17, 15) is 9.79 Å². The van der Waals surface area contributed by atoms with Gasteiger partial charge in [-0.15, -0.1) is 0 Å². The number of hydrogen-bond acceptors (Lipinski definition) is 2. The SMILES string of the molecule is [O-]P([O-])CCCCc1ccccc1. The van der Waals surface area contributed by atoms with Crippen LogP contribution in [-0.2, 0) is 6.42 Å². The predicted octanol–water partition coefficient (Wildman–Crippen LogP) is 1.04. The summed E-state index contributed by atoms with van der Waals surface area (Å²) in [6, 6.07) is 10.1. The zero-order valence-corrected chi connectivity index (χ0v) is 8.37. The fraction of sp³-hybridized carbons (Fsp3) is 0.400. The molecule has 13 heavy (non-hydrogen) atoms. The first-order valence-corrected chi connectivity index (χ1v) is 5.81. The van der Waals surface area contributed by atoms with E-state index in [-0.39, 0.29) is 0 Å². The number of benzene rings is 1. The van der Waals surface area contributed by atoms with Gasteiger partial charge in [-0.05, 0) is 18.4 Å². The smallest absolute Gasteiger partial charge is 0.0279 e. The van der Waals surface area contributed by atoms with Gasteiger partial charge >= 0.3 is 0 Å². The Kier molecular flexibility index (Phi) is 4.99. The molecule has 1 rings (SSSR count). The van der Waals surface area contributed by atoms with Crippen molar-refractivity contribution in [3.05, 3.63) is 35.9 Å². The first-order chi connectivity index (χ1) is 6.29. The van der Waals surface area contributed by atoms with Crippen molar-refractivity contribution in [2.45, 2.75) is 19.3 Å². The van der Waals surface area contributed by atoms with E-state index in [1.165, 1.54) is 5.56 Å². The van der Waals surface area contributed by atoms with Crippen molar-refractivity contribution in [2.24, 2.45) is 0 Å². The van der Waals surface area contributed by atoms with Gasteiger partial charge in [-0.2, -0.15) is 0 Å². The fourth-order valence-electron chi connectivity index (χ4n) is 1.21. The summed E-state index contributed by atoms with van der Waals surface area (Å²) in [6.07, 6.45) is 3.02. The van der Waals surface area contributed by atoms with Crippen LogP contribution in [0.4, 0.5) is 0 Å². The van der Waals surface area contributed by atoms with E-state index in [1.54, 1.807) is 0 Å². The molecule has 0 bridgehead atoms. The van der Waals surface area contributed by atoms with E-state index in [0.29, 0.717) is 6.16 Å². The summed E-state index contributed by atoms with van der Waals surface area (Å²) in [5, 5.41) is 0. The maximum absolute atomic E-state index is 10.2. The van der Waals surface area contributed by atoms with Crippen molar-refractivity contribution >= 4 is 8.38 Å². The quantitative estimate of drug-likeness (QED) is 0.521. The molecule has 0 aliphatic carbocycles. The molecule has 0 unspecified atom stereocenters. The minimum absolute atomic E-state index is 0.322. The lowest BCUT2D eigenvalue weighted by molar-refractivity contribution is -0.292. The Hall–Kier alpha value is -0.430. The normalized spacial score (nSPS) is 10.7. The Morgan fingerprint density at radius 3 is 2.31 bits per heavy atom. The van der Waals surface area contributed by atoms with Crippen molar-refractivity contribution in [3.63, 3.8) is 0 Å². The van der Waals surface area contributed by atoms with Gasteiger partial charge in [0.15, 0.2) is 0 Å². The predicted molar refractivity (Wildman–Crippen MR) is 51.2 cm³/mol. The summed E-state index contributed by atoms with van der Waals surface area (Å²) in [5.74, 6) is 0. The summed E-state index contributed by atoms with van der Waals surface area (Å²) in [6.45, 7) is 0. The van der Waals surface area contributed by atoms with Crippen LogP contribution in [0.1, 0.15) is 18.4 Å². The second-order valence-electron chi connectivity index (χ2n) is 3.00. The van der Waals surface area contributed by atoms with Gasteiger partial charge in [-0.1, -0.05) is 42.9 Å². The van der Waals surface area contributed by atoms with Gasteiger partial charge in [0, 0.05) is 0 Å². The van der Waals surface area contributed by atoms with Gasteiger partial charge in [-0.3, -0.25) is 0 Å². The van der Waals surface area contributed by atoms with Crippen LogP contribution in [0.5, 0.6) is 0 Å². The lowest BCUT2D eigenvalue weighted by Gasteiger charge is -2.30. The molecule has 0 radical (unpaired) electrons. The molecule has 3 heteroatoms. The molecule has 0 heterocycles. The molecular formula is C10H13O2P-2. The minimum atomic E-state index is -2.18. The third-order valence-corrected chi connectivity index (χ3v) is 2.58. The summed E-state index contributed by atoms with van der Waals surface area (Å²) >= 11 is 0. The molecule has 0 fully saturated rings. The highest BCUT2D eigenvalue weighted by molar-refractivity contribution is 7.41. The molecule has 0 amide bonds. The molecular weight excluding hydrogens is 183 g/mol.